The van der Waals surface area contributed by atoms with Crippen LogP contribution in [0.2, 0.25) is 0 Å². The summed E-state index contributed by atoms with van der Waals surface area (Å²) in [4.78, 5) is 16.8. The van der Waals surface area contributed by atoms with Gasteiger partial charge in [0.2, 0.25) is 6.10 Å². The Morgan fingerprint density at radius 1 is 1.20 bits per heavy atom. The second-order valence-corrected chi connectivity index (χ2v) is 6.55. The lowest BCUT2D eigenvalue weighted by Gasteiger charge is -2.24. The summed E-state index contributed by atoms with van der Waals surface area (Å²) in [6.45, 7) is 1.96. The number of para-hydroxylation sites is 3. The molecule has 0 radical (unpaired) electrons. The Morgan fingerprint density at radius 3 is 2.80 bits per heavy atom. The molecule has 0 saturated carbocycles. The van der Waals surface area contributed by atoms with Gasteiger partial charge in [0.25, 0.3) is 5.91 Å². The highest BCUT2D eigenvalue weighted by molar-refractivity contribution is 7.20. The topological polar surface area (TPSA) is 72.8 Å². The lowest BCUT2D eigenvalue weighted by atomic mass is 10.2. The quantitative estimate of drug-likeness (QED) is 0.580. The van der Waals surface area contributed by atoms with Gasteiger partial charge in [-0.05, 0) is 31.2 Å². The molecule has 1 aromatic heterocycles. The van der Waals surface area contributed by atoms with E-state index >= 15 is 0 Å². The number of fused-ring (bicyclic) bond motifs is 2. The predicted molar refractivity (Wildman–Crippen MR) is 96.3 cm³/mol. The van der Waals surface area contributed by atoms with Crippen molar-refractivity contribution in [1.29, 1.82) is 0 Å². The van der Waals surface area contributed by atoms with E-state index in [9.17, 15) is 4.79 Å². The van der Waals surface area contributed by atoms with Gasteiger partial charge in [-0.25, -0.2) is 10.4 Å². The van der Waals surface area contributed by atoms with Gasteiger partial charge in [-0.15, -0.1) is 11.3 Å². The largest absolute Gasteiger partial charge is 0.485 e. The second-order valence-electron chi connectivity index (χ2n) is 5.52. The fraction of sp³-hybridized carbons (Fsp3) is 0.167. The first-order valence-corrected chi connectivity index (χ1v) is 8.61. The number of carbonyl (C=O) groups is 1. The summed E-state index contributed by atoms with van der Waals surface area (Å²) in [5, 5.41) is 4.92. The van der Waals surface area contributed by atoms with Crippen molar-refractivity contribution in [2.45, 2.75) is 13.0 Å². The Hall–Kier alpha value is -2.93. The van der Waals surface area contributed by atoms with E-state index < -0.39 is 6.10 Å². The lowest BCUT2D eigenvalue weighted by molar-refractivity contribution is -0.130. The van der Waals surface area contributed by atoms with Crippen LogP contribution in [0.1, 0.15) is 11.9 Å². The van der Waals surface area contributed by atoms with E-state index in [1.54, 1.807) is 12.1 Å². The maximum absolute atomic E-state index is 12.3. The van der Waals surface area contributed by atoms with Gasteiger partial charge in [-0.3, -0.25) is 4.79 Å². The molecular formula is C18H15N3O3S. The molecule has 6 nitrogen and oxygen atoms in total. The summed E-state index contributed by atoms with van der Waals surface area (Å²) < 4.78 is 12.3. The molecule has 1 amide bonds. The van der Waals surface area contributed by atoms with E-state index in [0.717, 1.165) is 15.2 Å². The van der Waals surface area contributed by atoms with Crippen LogP contribution < -0.4 is 14.9 Å². The number of ether oxygens (including phenoxy) is 2. The molecule has 0 saturated heterocycles. The third-order valence-corrected chi connectivity index (χ3v) is 4.88. The number of hydrogen-bond acceptors (Lipinski definition) is 6. The number of carbonyl (C=O) groups excluding carboxylic acids is 1. The molecule has 3 aromatic rings. The monoisotopic (exact) mass is 353 g/mol. The van der Waals surface area contributed by atoms with Crippen LogP contribution in [0.5, 0.6) is 11.5 Å². The molecule has 0 bridgehead atoms. The van der Waals surface area contributed by atoms with Crippen molar-refractivity contribution in [3.05, 3.63) is 53.5 Å². The number of amides is 1. The van der Waals surface area contributed by atoms with E-state index in [1.165, 1.54) is 11.3 Å². The normalized spacial score (nSPS) is 16.7. The van der Waals surface area contributed by atoms with Gasteiger partial charge in [-0.1, -0.05) is 24.3 Å². The minimum Gasteiger partial charge on any atom is -0.485 e. The number of rotatable bonds is 3. The smallest absolute Gasteiger partial charge is 0.284 e. The van der Waals surface area contributed by atoms with E-state index in [2.05, 4.69) is 15.5 Å². The van der Waals surface area contributed by atoms with Crippen LogP contribution in [0.4, 0.5) is 0 Å². The predicted octanol–water partition coefficient (Wildman–Crippen LogP) is 2.98. The molecule has 2 aromatic carbocycles. The molecule has 1 N–H and O–H groups in total. The average molecular weight is 353 g/mol. The first-order valence-electron chi connectivity index (χ1n) is 7.79. The van der Waals surface area contributed by atoms with Crippen LogP contribution in [0.3, 0.4) is 0 Å². The van der Waals surface area contributed by atoms with Crippen molar-refractivity contribution in [2.75, 3.05) is 6.61 Å². The molecular weight excluding hydrogens is 338 g/mol. The van der Waals surface area contributed by atoms with Crippen LogP contribution in [0, 0.1) is 0 Å². The Kier molecular flexibility index (Phi) is 4.07. The molecule has 0 spiro atoms. The number of nitrogens with one attached hydrogen (secondary N) is 1. The van der Waals surface area contributed by atoms with E-state index in [4.69, 9.17) is 9.47 Å². The number of hydrazone groups is 1. The molecule has 1 atom stereocenters. The SMILES string of the molecule is CC(=NNC(=O)[C@H]1COc2ccccc2O1)c1nc2ccccc2s1. The van der Waals surface area contributed by atoms with Gasteiger partial charge in [0, 0.05) is 0 Å². The van der Waals surface area contributed by atoms with Crippen molar-refractivity contribution >= 4 is 33.2 Å². The summed E-state index contributed by atoms with van der Waals surface area (Å²) in [6, 6.07) is 15.1. The lowest BCUT2D eigenvalue weighted by Crippen LogP contribution is -2.42. The highest BCUT2D eigenvalue weighted by Crippen LogP contribution is 2.30. The second kappa shape index (κ2) is 6.52. The van der Waals surface area contributed by atoms with Crippen molar-refractivity contribution < 1.29 is 14.3 Å². The maximum Gasteiger partial charge on any atom is 0.284 e. The van der Waals surface area contributed by atoms with Gasteiger partial charge in [0.05, 0.1) is 15.9 Å². The van der Waals surface area contributed by atoms with Crippen LogP contribution in [0.25, 0.3) is 10.2 Å². The van der Waals surface area contributed by atoms with Crippen molar-refractivity contribution in [3.63, 3.8) is 0 Å². The van der Waals surface area contributed by atoms with Crippen LogP contribution in [-0.4, -0.2) is 29.3 Å². The summed E-state index contributed by atoms with van der Waals surface area (Å²) in [7, 11) is 0. The molecule has 0 unspecified atom stereocenters. The van der Waals surface area contributed by atoms with Gasteiger partial charge < -0.3 is 9.47 Å². The highest BCUT2D eigenvalue weighted by atomic mass is 32.1. The summed E-state index contributed by atoms with van der Waals surface area (Å²) in [6.07, 6.45) is -0.734. The molecule has 4 rings (SSSR count). The van der Waals surface area contributed by atoms with Crippen LogP contribution >= 0.6 is 11.3 Å². The molecule has 126 valence electrons. The number of aromatic nitrogens is 1. The number of nitrogens with zero attached hydrogens (tertiary/aromatic N) is 2. The number of benzene rings is 2. The average Bonchev–Trinajstić information content (AvgIpc) is 3.09. The highest BCUT2D eigenvalue weighted by Gasteiger charge is 2.27. The van der Waals surface area contributed by atoms with Crippen molar-refractivity contribution in [3.8, 4) is 11.5 Å². The zero-order valence-electron chi connectivity index (χ0n) is 13.4. The Bertz CT molecular complexity index is 934. The van der Waals surface area contributed by atoms with Crippen LogP contribution in [-0.2, 0) is 4.79 Å². The first kappa shape index (κ1) is 15.6. The Balaban J connectivity index is 1.45. The fourth-order valence-electron chi connectivity index (χ4n) is 2.43. The maximum atomic E-state index is 12.3. The molecule has 1 aliphatic rings. The Labute approximate surface area is 148 Å². The minimum absolute atomic E-state index is 0.151. The molecule has 1 aliphatic heterocycles. The standard InChI is InChI=1S/C18H15N3O3S/c1-11(18-19-12-6-2-5-9-16(12)25-18)20-21-17(22)15-10-23-13-7-3-4-8-14(13)24-15/h2-9,15H,10H2,1H3,(H,21,22)/t15-/m1/s1. The number of hydrogen-bond donors (Lipinski definition) is 1. The van der Waals surface area contributed by atoms with Gasteiger partial charge in [0.15, 0.2) is 11.5 Å². The van der Waals surface area contributed by atoms with Crippen LogP contribution in [0.15, 0.2) is 53.6 Å². The third-order valence-electron chi connectivity index (χ3n) is 3.74. The van der Waals surface area contributed by atoms with Crippen molar-refractivity contribution in [1.82, 2.24) is 10.4 Å². The van der Waals surface area contributed by atoms with Gasteiger partial charge in [0.1, 0.15) is 11.6 Å². The fourth-order valence-corrected chi connectivity index (χ4v) is 3.34. The molecule has 7 heteroatoms. The first-order chi connectivity index (χ1) is 12.2. The summed E-state index contributed by atoms with van der Waals surface area (Å²) in [5.41, 5.74) is 4.10. The number of thiazole rings is 1. The van der Waals surface area contributed by atoms with Gasteiger partial charge >= 0.3 is 0 Å². The third kappa shape index (κ3) is 3.18. The minimum atomic E-state index is -0.734. The van der Waals surface area contributed by atoms with E-state index in [1.807, 2.05) is 43.3 Å². The zero-order chi connectivity index (χ0) is 17.2. The zero-order valence-corrected chi connectivity index (χ0v) is 14.2. The summed E-state index contributed by atoms with van der Waals surface area (Å²) in [5.74, 6) is 0.844. The summed E-state index contributed by atoms with van der Waals surface area (Å²) >= 11 is 1.53. The molecule has 0 fully saturated rings. The van der Waals surface area contributed by atoms with E-state index in [0.29, 0.717) is 17.2 Å². The molecule has 2 heterocycles. The molecule has 25 heavy (non-hydrogen) atoms. The van der Waals surface area contributed by atoms with Gasteiger partial charge in [-0.2, -0.15) is 5.10 Å². The van der Waals surface area contributed by atoms with Crippen molar-refractivity contribution in [2.24, 2.45) is 5.10 Å². The molecule has 0 aliphatic carbocycles. The van der Waals surface area contributed by atoms with E-state index in [-0.39, 0.29) is 12.5 Å². The Morgan fingerprint density at radius 2 is 1.96 bits per heavy atom.